The fraction of sp³-hybridized carbons (Fsp3) is 0.714. The van der Waals surface area contributed by atoms with E-state index in [9.17, 15) is 9.59 Å². The molecule has 0 spiro atoms. The number of amides is 2. The van der Waals surface area contributed by atoms with Gasteiger partial charge in [0.1, 0.15) is 11.6 Å². The number of carbonyl (C=O) groups is 2. The highest BCUT2D eigenvalue weighted by Gasteiger charge is 2.28. The highest BCUT2D eigenvalue weighted by Crippen LogP contribution is 2.26. The van der Waals surface area contributed by atoms with E-state index in [1.54, 1.807) is 20.8 Å². The van der Waals surface area contributed by atoms with Crippen LogP contribution in [0.3, 0.4) is 0 Å². The van der Waals surface area contributed by atoms with Crippen LogP contribution in [0.15, 0.2) is 9.64 Å². The van der Waals surface area contributed by atoms with Gasteiger partial charge in [-0.1, -0.05) is 32.0 Å². The van der Waals surface area contributed by atoms with E-state index >= 15 is 0 Å². The highest BCUT2D eigenvalue weighted by molar-refractivity contribution is 7.99. The Kier molecular flexibility index (Phi) is 6.86. The topological polar surface area (TPSA) is 120 Å². The molecule has 1 heterocycles. The van der Waals surface area contributed by atoms with Gasteiger partial charge in [-0.15, -0.1) is 10.2 Å². The van der Waals surface area contributed by atoms with E-state index in [-0.39, 0.29) is 22.8 Å². The van der Waals surface area contributed by atoms with Crippen molar-refractivity contribution >= 4 is 23.8 Å². The summed E-state index contributed by atoms with van der Waals surface area (Å²) in [6.07, 6.45) is 0.249. The van der Waals surface area contributed by atoms with Crippen LogP contribution in [-0.4, -0.2) is 33.6 Å². The zero-order chi connectivity index (χ0) is 17.6. The van der Waals surface area contributed by atoms with E-state index in [1.807, 2.05) is 13.8 Å². The molecule has 8 nitrogen and oxygen atoms in total. The minimum atomic E-state index is -0.596. The second-order valence-electron chi connectivity index (χ2n) is 6.17. The third kappa shape index (κ3) is 6.89. The average Bonchev–Trinajstić information content (AvgIpc) is 2.88. The SMILES string of the molecule is CCC(C)[C@H](NC(=O)OC(C)(C)C)c1nnc(SCC(N)=O)o1. The van der Waals surface area contributed by atoms with Gasteiger partial charge >= 0.3 is 6.09 Å². The van der Waals surface area contributed by atoms with Gasteiger partial charge in [0.15, 0.2) is 0 Å². The molecule has 2 amide bonds. The normalized spacial score (nSPS) is 14.1. The van der Waals surface area contributed by atoms with Gasteiger partial charge in [0.25, 0.3) is 5.22 Å². The summed E-state index contributed by atoms with van der Waals surface area (Å²) in [5.41, 5.74) is 4.48. The lowest BCUT2D eigenvalue weighted by atomic mass is 9.99. The zero-order valence-corrected chi connectivity index (χ0v) is 14.9. The first kappa shape index (κ1) is 19.3. The van der Waals surface area contributed by atoms with Crippen LogP contribution in [0.5, 0.6) is 0 Å². The van der Waals surface area contributed by atoms with Gasteiger partial charge in [-0.2, -0.15) is 0 Å². The van der Waals surface area contributed by atoms with E-state index in [2.05, 4.69) is 15.5 Å². The van der Waals surface area contributed by atoms with E-state index in [4.69, 9.17) is 14.9 Å². The van der Waals surface area contributed by atoms with Gasteiger partial charge in [-0.05, 0) is 26.7 Å². The standard InChI is InChI=1S/C14H24N4O4S/c1-6-8(2)10(16-12(20)22-14(3,4)5)11-17-18-13(21-11)23-7-9(15)19/h8,10H,6-7H2,1-5H3,(H2,15,19)(H,16,20)/t8?,10-/m0/s1. The summed E-state index contributed by atoms with van der Waals surface area (Å²) in [6.45, 7) is 9.32. The molecule has 3 N–H and O–H groups in total. The predicted octanol–water partition coefficient (Wildman–Crippen LogP) is 2.26. The van der Waals surface area contributed by atoms with E-state index in [0.717, 1.165) is 18.2 Å². The molecule has 0 saturated carbocycles. The molecule has 1 rings (SSSR count). The first-order chi connectivity index (χ1) is 10.6. The van der Waals surface area contributed by atoms with E-state index < -0.39 is 23.6 Å². The van der Waals surface area contributed by atoms with Crippen molar-refractivity contribution in [3.63, 3.8) is 0 Å². The maximum Gasteiger partial charge on any atom is 0.408 e. The van der Waals surface area contributed by atoms with Gasteiger partial charge < -0.3 is 20.2 Å². The Labute approximate surface area is 139 Å². The first-order valence-corrected chi connectivity index (χ1v) is 8.35. The molecule has 9 heteroatoms. The Bertz CT molecular complexity index is 541. The van der Waals surface area contributed by atoms with Crippen LogP contribution in [-0.2, 0) is 9.53 Å². The van der Waals surface area contributed by atoms with Crippen LogP contribution in [0.4, 0.5) is 4.79 Å². The molecule has 0 aromatic carbocycles. The van der Waals surface area contributed by atoms with Crippen LogP contribution >= 0.6 is 11.8 Å². The van der Waals surface area contributed by atoms with Crippen LogP contribution in [0, 0.1) is 5.92 Å². The highest BCUT2D eigenvalue weighted by atomic mass is 32.2. The monoisotopic (exact) mass is 344 g/mol. The molecule has 1 aromatic heterocycles. The summed E-state index contributed by atoms with van der Waals surface area (Å²) >= 11 is 1.06. The molecule has 130 valence electrons. The fourth-order valence-corrected chi connectivity index (χ4v) is 2.16. The number of aromatic nitrogens is 2. The van der Waals surface area contributed by atoms with Crippen molar-refractivity contribution in [3.05, 3.63) is 5.89 Å². The summed E-state index contributed by atoms with van der Waals surface area (Å²) in [5.74, 6) is -0.0796. The van der Waals surface area contributed by atoms with Crippen LogP contribution in [0.25, 0.3) is 0 Å². The molecular weight excluding hydrogens is 320 g/mol. The number of alkyl carbamates (subject to hydrolysis) is 1. The summed E-state index contributed by atoms with van der Waals surface area (Å²) < 4.78 is 10.8. The van der Waals surface area contributed by atoms with Crippen molar-refractivity contribution in [3.8, 4) is 0 Å². The molecule has 0 fully saturated rings. The molecule has 0 saturated heterocycles. The number of nitrogens with zero attached hydrogens (tertiary/aromatic N) is 2. The fourth-order valence-electron chi connectivity index (χ4n) is 1.65. The largest absolute Gasteiger partial charge is 0.444 e. The minimum Gasteiger partial charge on any atom is -0.444 e. The van der Waals surface area contributed by atoms with Gasteiger partial charge in [-0.25, -0.2) is 4.79 Å². The number of nitrogens with one attached hydrogen (secondary N) is 1. The van der Waals surface area contributed by atoms with Crippen molar-refractivity contribution in [2.45, 2.75) is 57.9 Å². The second kappa shape index (κ2) is 8.19. The Morgan fingerprint density at radius 1 is 1.39 bits per heavy atom. The maximum atomic E-state index is 12.0. The molecule has 1 aromatic rings. The molecule has 0 aliphatic rings. The smallest absolute Gasteiger partial charge is 0.408 e. The summed E-state index contributed by atoms with van der Waals surface area (Å²) in [5, 5.41) is 10.8. The van der Waals surface area contributed by atoms with E-state index in [0.29, 0.717) is 0 Å². The predicted molar refractivity (Wildman–Crippen MR) is 85.8 cm³/mol. The summed E-state index contributed by atoms with van der Waals surface area (Å²) in [6, 6.07) is -0.467. The third-order valence-corrected chi connectivity index (χ3v) is 3.75. The molecule has 0 bridgehead atoms. The lowest BCUT2D eigenvalue weighted by Gasteiger charge is -2.24. The van der Waals surface area contributed by atoms with Gasteiger partial charge in [0, 0.05) is 0 Å². The quantitative estimate of drug-likeness (QED) is 0.728. The average molecular weight is 344 g/mol. The Morgan fingerprint density at radius 3 is 2.57 bits per heavy atom. The number of primary amides is 1. The van der Waals surface area contributed by atoms with Gasteiger partial charge in [0.05, 0.1) is 5.75 Å². The molecule has 0 aliphatic heterocycles. The number of rotatable bonds is 7. The van der Waals surface area contributed by atoms with Crippen molar-refractivity contribution in [2.75, 3.05) is 5.75 Å². The summed E-state index contributed by atoms with van der Waals surface area (Å²) in [7, 11) is 0. The minimum absolute atomic E-state index is 0.0507. The summed E-state index contributed by atoms with van der Waals surface area (Å²) in [4.78, 5) is 22.8. The Balaban J connectivity index is 2.82. The van der Waals surface area contributed by atoms with Crippen molar-refractivity contribution in [1.82, 2.24) is 15.5 Å². The van der Waals surface area contributed by atoms with Crippen LogP contribution < -0.4 is 11.1 Å². The Morgan fingerprint density at radius 2 is 2.04 bits per heavy atom. The third-order valence-electron chi connectivity index (χ3n) is 2.91. The second-order valence-corrected chi connectivity index (χ2v) is 7.10. The molecular formula is C14H24N4O4S. The molecule has 2 atom stereocenters. The number of carbonyl (C=O) groups excluding carboxylic acids is 2. The molecule has 1 unspecified atom stereocenters. The van der Waals surface area contributed by atoms with Crippen LogP contribution in [0.2, 0.25) is 0 Å². The number of hydrogen-bond acceptors (Lipinski definition) is 7. The first-order valence-electron chi connectivity index (χ1n) is 7.36. The number of nitrogens with two attached hydrogens (primary N) is 1. The number of ether oxygens (including phenoxy) is 1. The molecule has 0 radical (unpaired) electrons. The lowest BCUT2D eigenvalue weighted by Crippen LogP contribution is -2.37. The Hall–Kier alpha value is -1.77. The van der Waals surface area contributed by atoms with Gasteiger partial charge in [0.2, 0.25) is 11.8 Å². The molecule has 23 heavy (non-hydrogen) atoms. The lowest BCUT2D eigenvalue weighted by molar-refractivity contribution is -0.115. The van der Waals surface area contributed by atoms with Crippen molar-refractivity contribution < 1.29 is 18.7 Å². The van der Waals surface area contributed by atoms with Gasteiger partial charge in [-0.3, -0.25) is 4.79 Å². The van der Waals surface area contributed by atoms with Crippen LogP contribution in [0.1, 0.15) is 53.0 Å². The molecule has 0 aliphatic carbocycles. The number of thioether (sulfide) groups is 1. The maximum absolute atomic E-state index is 12.0. The zero-order valence-electron chi connectivity index (χ0n) is 14.1. The van der Waals surface area contributed by atoms with Crippen molar-refractivity contribution in [1.29, 1.82) is 0 Å². The van der Waals surface area contributed by atoms with Crippen molar-refractivity contribution in [2.24, 2.45) is 11.7 Å². The van der Waals surface area contributed by atoms with E-state index in [1.165, 1.54) is 0 Å². The number of hydrogen-bond donors (Lipinski definition) is 2.